The van der Waals surface area contributed by atoms with E-state index in [1.807, 2.05) is 24.3 Å². The van der Waals surface area contributed by atoms with Gasteiger partial charge in [-0.05, 0) is 23.3 Å². The molecule has 0 aliphatic heterocycles. The molecule has 0 radical (unpaired) electrons. The van der Waals surface area contributed by atoms with Crippen LogP contribution in [0, 0.1) is 0 Å². The molecule has 0 saturated carbocycles. The minimum absolute atomic E-state index is 0.426. The Morgan fingerprint density at radius 1 is 1.40 bits per heavy atom. The van der Waals surface area contributed by atoms with Gasteiger partial charge < -0.3 is 9.47 Å². The van der Waals surface area contributed by atoms with Crippen molar-refractivity contribution >= 4 is 17.2 Å². The number of halogens is 1. The van der Waals surface area contributed by atoms with E-state index >= 15 is 0 Å². The largest absolute Gasteiger partial charge is 0.497 e. The summed E-state index contributed by atoms with van der Waals surface area (Å²) >= 11 is 5.32. The summed E-state index contributed by atoms with van der Waals surface area (Å²) in [7, 11) is 1.64. The summed E-state index contributed by atoms with van der Waals surface area (Å²) in [6.45, 7) is 4.34. The van der Waals surface area contributed by atoms with Crippen molar-refractivity contribution in [2.45, 2.75) is 0 Å². The lowest BCUT2D eigenvalue weighted by Crippen LogP contribution is -1.92. The maximum atomic E-state index is 5.32. The second-order valence-corrected chi connectivity index (χ2v) is 3.16. The quantitative estimate of drug-likeness (QED) is 0.714. The highest BCUT2D eigenvalue weighted by molar-refractivity contribution is 6.25. The van der Waals surface area contributed by atoms with Crippen molar-refractivity contribution in [3.63, 3.8) is 0 Å². The molecule has 0 aliphatic carbocycles. The summed E-state index contributed by atoms with van der Waals surface area (Å²) in [5.41, 5.74) is 3.24. The predicted molar refractivity (Wildman–Crippen MR) is 63.0 cm³/mol. The third-order valence-corrected chi connectivity index (χ3v) is 2.01. The Morgan fingerprint density at radius 3 is 2.60 bits per heavy atom. The molecular formula is C12H13ClO2. The van der Waals surface area contributed by atoms with Gasteiger partial charge in [0.05, 0.1) is 13.4 Å². The molecule has 0 N–H and O–H groups in total. The Hall–Kier alpha value is -1.41. The second kappa shape index (κ2) is 6.14. The lowest BCUT2D eigenvalue weighted by Gasteiger charge is -2.06. The average molecular weight is 225 g/mol. The Kier molecular flexibility index (Phi) is 4.78. The number of hydrogen-bond donors (Lipinski definition) is 0. The second-order valence-electron chi connectivity index (χ2n) is 2.91. The number of rotatable bonds is 5. The van der Waals surface area contributed by atoms with E-state index in [0.717, 1.165) is 16.9 Å². The van der Waals surface area contributed by atoms with E-state index in [2.05, 4.69) is 6.58 Å². The smallest absolute Gasteiger partial charge is 0.118 e. The highest BCUT2D eigenvalue weighted by atomic mass is 35.5. The predicted octanol–water partition coefficient (Wildman–Crippen LogP) is 3.44. The first-order valence-electron chi connectivity index (χ1n) is 4.47. The summed E-state index contributed by atoms with van der Waals surface area (Å²) in [5, 5.41) is 0. The molecule has 1 aromatic carbocycles. The van der Waals surface area contributed by atoms with Crippen LogP contribution >= 0.6 is 11.6 Å². The van der Waals surface area contributed by atoms with E-state index < -0.39 is 0 Å². The highest BCUT2D eigenvalue weighted by Gasteiger charge is 1.98. The number of ether oxygens (including phenoxy) is 2. The molecule has 0 saturated heterocycles. The zero-order valence-corrected chi connectivity index (χ0v) is 9.33. The molecule has 0 bridgehead atoms. The Balaban J connectivity index is 2.58. The molecule has 1 rings (SSSR count). The summed E-state index contributed by atoms with van der Waals surface area (Å²) in [5.74, 6) is 0.827. The molecule has 80 valence electrons. The van der Waals surface area contributed by atoms with E-state index in [1.165, 1.54) is 11.8 Å². The fraction of sp³-hybridized carbons (Fsp3) is 0.167. The van der Waals surface area contributed by atoms with Crippen molar-refractivity contribution in [1.29, 1.82) is 0 Å². The third-order valence-electron chi connectivity index (χ3n) is 1.90. The van der Waals surface area contributed by atoms with Crippen LogP contribution in [0.2, 0.25) is 0 Å². The monoisotopic (exact) mass is 224 g/mol. The van der Waals surface area contributed by atoms with Crippen LogP contribution in [0.1, 0.15) is 5.56 Å². The summed E-state index contributed by atoms with van der Waals surface area (Å²) in [6, 6.07) is 7.65. The molecule has 0 atom stereocenters. The molecule has 0 heterocycles. The van der Waals surface area contributed by atoms with Crippen molar-refractivity contribution in [3.05, 3.63) is 48.2 Å². The Morgan fingerprint density at radius 2 is 2.07 bits per heavy atom. The fourth-order valence-corrected chi connectivity index (χ4v) is 1.17. The van der Waals surface area contributed by atoms with Crippen LogP contribution in [0.15, 0.2) is 42.6 Å². The average Bonchev–Trinajstić information content (AvgIpc) is 2.29. The molecule has 0 unspecified atom stereocenters. The number of hydrogen-bond acceptors (Lipinski definition) is 2. The SMILES string of the molecule is C=C(CO/C=C\Cl)c1ccc(OC)cc1. The van der Waals surface area contributed by atoms with E-state index in [1.54, 1.807) is 7.11 Å². The minimum Gasteiger partial charge on any atom is -0.497 e. The standard InChI is InChI=1S/C12H13ClO2/c1-10(9-15-8-7-13)11-3-5-12(14-2)6-4-11/h3-8H,1,9H2,2H3/b8-7-. The first-order chi connectivity index (χ1) is 7.27. The van der Waals surface area contributed by atoms with Crippen LogP contribution in [0.4, 0.5) is 0 Å². The molecule has 0 amide bonds. The molecule has 3 heteroatoms. The summed E-state index contributed by atoms with van der Waals surface area (Å²) in [4.78, 5) is 0. The topological polar surface area (TPSA) is 18.5 Å². The molecule has 0 aliphatic rings. The van der Waals surface area contributed by atoms with Crippen molar-refractivity contribution in [3.8, 4) is 5.75 Å². The van der Waals surface area contributed by atoms with Crippen LogP contribution in [-0.4, -0.2) is 13.7 Å². The van der Waals surface area contributed by atoms with Gasteiger partial charge in [-0.25, -0.2) is 0 Å². The van der Waals surface area contributed by atoms with E-state index in [9.17, 15) is 0 Å². The third kappa shape index (κ3) is 3.68. The molecule has 0 spiro atoms. The van der Waals surface area contributed by atoms with Gasteiger partial charge in [0.15, 0.2) is 0 Å². The number of methoxy groups -OCH3 is 1. The van der Waals surface area contributed by atoms with Gasteiger partial charge in [0.2, 0.25) is 0 Å². The van der Waals surface area contributed by atoms with Crippen LogP contribution in [0.25, 0.3) is 5.57 Å². The Labute approximate surface area is 94.8 Å². The van der Waals surface area contributed by atoms with Gasteiger partial charge in [-0.15, -0.1) is 0 Å². The van der Waals surface area contributed by atoms with Crippen LogP contribution in [0.5, 0.6) is 5.75 Å². The van der Waals surface area contributed by atoms with Crippen molar-refractivity contribution in [1.82, 2.24) is 0 Å². The highest BCUT2D eigenvalue weighted by Crippen LogP contribution is 2.17. The molecule has 1 aromatic rings. The summed E-state index contributed by atoms with van der Waals surface area (Å²) in [6.07, 6.45) is 1.43. The number of benzene rings is 1. The maximum absolute atomic E-state index is 5.32. The zero-order chi connectivity index (χ0) is 11.1. The minimum atomic E-state index is 0.426. The van der Waals surface area contributed by atoms with Gasteiger partial charge in [0.25, 0.3) is 0 Å². The van der Waals surface area contributed by atoms with Crippen molar-refractivity contribution in [2.24, 2.45) is 0 Å². The lowest BCUT2D eigenvalue weighted by atomic mass is 10.1. The van der Waals surface area contributed by atoms with Crippen molar-refractivity contribution in [2.75, 3.05) is 13.7 Å². The van der Waals surface area contributed by atoms with Gasteiger partial charge in [0, 0.05) is 5.54 Å². The van der Waals surface area contributed by atoms with E-state index in [4.69, 9.17) is 21.1 Å². The molecule has 0 aromatic heterocycles. The molecule has 15 heavy (non-hydrogen) atoms. The van der Waals surface area contributed by atoms with Crippen LogP contribution in [-0.2, 0) is 4.74 Å². The Bertz CT molecular complexity index is 341. The zero-order valence-electron chi connectivity index (χ0n) is 8.57. The van der Waals surface area contributed by atoms with E-state index in [0.29, 0.717) is 6.61 Å². The first kappa shape index (κ1) is 11.7. The van der Waals surface area contributed by atoms with Gasteiger partial charge >= 0.3 is 0 Å². The molecule has 0 fully saturated rings. The molecule has 2 nitrogen and oxygen atoms in total. The normalized spacial score (nSPS) is 10.3. The van der Waals surface area contributed by atoms with Crippen LogP contribution < -0.4 is 4.74 Å². The first-order valence-corrected chi connectivity index (χ1v) is 4.90. The van der Waals surface area contributed by atoms with E-state index in [-0.39, 0.29) is 0 Å². The van der Waals surface area contributed by atoms with Crippen molar-refractivity contribution < 1.29 is 9.47 Å². The van der Waals surface area contributed by atoms with Gasteiger partial charge in [0.1, 0.15) is 12.4 Å². The fourth-order valence-electron chi connectivity index (χ4n) is 1.10. The van der Waals surface area contributed by atoms with Gasteiger partial charge in [-0.3, -0.25) is 0 Å². The van der Waals surface area contributed by atoms with Gasteiger partial charge in [-0.1, -0.05) is 30.3 Å². The van der Waals surface area contributed by atoms with Crippen LogP contribution in [0.3, 0.4) is 0 Å². The summed E-state index contributed by atoms with van der Waals surface area (Å²) < 4.78 is 10.2. The van der Waals surface area contributed by atoms with Gasteiger partial charge in [-0.2, -0.15) is 0 Å². The maximum Gasteiger partial charge on any atom is 0.118 e. The molecular weight excluding hydrogens is 212 g/mol. The lowest BCUT2D eigenvalue weighted by molar-refractivity contribution is 0.297.